The molecule has 0 bridgehead atoms. The molecule has 72 valence electrons. The molecule has 0 atom stereocenters. The first-order valence-electron chi connectivity index (χ1n) is 4.46. The van der Waals surface area contributed by atoms with Crippen molar-refractivity contribution in [2.75, 3.05) is 5.73 Å². The van der Waals surface area contributed by atoms with E-state index < -0.39 is 0 Å². The van der Waals surface area contributed by atoms with Crippen molar-refractivity contribution < 1.29 is 4.42 Å². The highest BCUT2D eigenvalue weighted by Crippen LogP contribution is 2.06. The van der Waals surface area contributed by atoms with E-state index in [-0.39, 0.29) is 6.01 Å². The zero-order valence-corrected chi connectivity index (χ0v) is 7.68. The number of benzene rings is 1. The number of nitrogens with two attached hydrogens (primary N) is 1. The van der Waals surface area contributed by atoms with Crippen molar-refractivity contribution in [3.8, 4) is 0 Å². The summed E-state index contributed by atoms with van der Waals surface area (Å²) in [6.45, 7) is 0. The van der Waals surface area contributed by atoms with Crippen molar-refractivity contribution >= 4 is 6.01 Å². The van der Waals surface area contributed by atoms with Gasteiger partial charge in [-0.15, -0.1) is 5.10 Å². The molecule has 2 N–H and O–H groups in total. The lowest BCUT2D eigenvalue weighted by molar-refractivity contribution is 0.509. The van der Waals surface area contributed by atoms with Crippen molar-refractivity contribution in [2.45, 2.75) is 12.8 Å². The second-order valence-corrected chi connectivity index (χ2v) is 3.02. The SMILES string of the molecule is Nc1nnc(CCc2ccccc2)o1. The Morgan fingerprint density at radius 1 is 1.07 bits per heavy atom. The number of hydrogen-bond acceptors (Lipinski definition) is 4. The lowest BCUT2D eigenvalue weighted by Crippen LogP contribution is -1.90. The quantitative estimate of drug-likeness (QED) is 0.793. The van der Waals surface area contributed by atoms with Gasteiger partial charge in [-0.3, -0.25) is 0 Å². The Hall–Kier alpha value is -1.84. The lowest BCUT2D eigenvalue weighted by atomic mass is 10.1. The van der Waals surface area contributed by atoms with Crippen molar-refractivity contribution in [2.24, 2.45) is 0 Å². The highest BCUT2D eigenvalue weighted by atomic mass is 16.4. The molecule has 1 aromatic heterocycles. The van der Waals surface area contributed by atoms with Crippen LogP contribution in [0.25, 0.3) is 0 Å². The van der Waals surface area contributed by atoms with Gasteiger partial charge >= 0.3 is 6.01 Å². The first-order valence-corrected chi connectivity index (χ1v) is 4.46. The molecule has 1 aromatic carbocycles. The van der Waals surface area contributed by atoms with Crippen molar-refractivity contribution in [1.82, 2.24) is 10.2 Å². The third-order valence-electron chi connectivity index (χ3n) is 1.95. The van der Waals surface area contributed by atoms with Gasteiger partial charge in [0, 0.05) is 6.42 Å². The van der Waals surface area contributed by atoms with Crippen LogP contribution in [0.5, 0.6) is 0 Å². The molecule has 2 aromatic rings. The van der Waals surface area contributed by atoms with Gasteiger partial charge in [-0.25, -0.2) is 0 Å². The molecular formula is C10H11N3O. The van der Waals surface area contributed by atoms with E-state index in [9.17, 15) is 0 Å². The van der Waals surface area contributed by atoms with E-state index in [2.05, 4.69) is 22.3 Å². The molecule has 0 spiro atoms. The van der Waals surface area contributed by atoms with E-state index in [1.54, 1.807) is 0 Å². The van der Waals surface area contributed by atoms with Gasteiger partial charge in [0.25, 0.3) is 0 Å². The molecule has 0 aliphatic carbocycles. The Labute approximate surface area is 81.8 Å². The van der Waals surface area contributed by atoms with Crippen LogP contribution in [0.1, 0.15) is 11.5 Å². The third-order valence-corrected chi connectivity index (χ3v) is 1.95. The Balaban J connectivity index is 1.95. The Bertz CT molecular complexity index is 397. The zero-order valence-electron chi connectivity index (χ0n) is 7.68. The fourth-order valence-corrected chi connectivity index (χ4v) is 1.26. The Morgan fingerprint density at radius 2 is 1.86 bits per heavy atom. The van der Waals surface area contributed by atoms with Crippen LogP contribution >= 0.6 is 0 Å². The molecule has 4 nitrogen and oxygen atoms in total. The van der Waals surface area contributed by atoms with Crippen LogP contribution in [0, 0.1) is 0 Å². The normalized spacial score (nSPS) is 10.3. The predicted molar refractivity (Wildman–Crippen MR) is 52.6 cm³/mol. The molecule has 0 radical (unpaired) electrons. The molecule has 0 aliphatic heterocycles. The minimum absolute atomic E-state index is 0.132. The number of anilines is 1. The third kappa shape index (κ3) is 2.10. The van der Waals surface area contributed by atoms with Crippen LogP contribution in [0.15, 0.2) is 34.7 Å². The molecule has 0 amide bonds. The standard InChI is InChI=1S/C10H11N3O/c11-10-13-12-9(14-10)7-6-8-4-2-1-3-5-8/h1-5H,6-7H2,(H2,11,13). The molecular weight excluding hydrogens is 178 g/mol. The minimum atomic E-state index is 0.132. The van der Waals surface area contributed by atoms with Gasteiger partial charge in [0.05, 0.1) is 0 Å². The Morgan fingerprint density at radius 3 is 2.50 bits per heavy atom. The fraction of sp³-hybridized carbons (Fsp3) is 0.200. The molecule has 1 heterocycles. The summed E-state index contributed by atoms with van der Waals surface area (Å²) in [5, 5.41) is 7.38. The van der Waals surface area contributed by atoms with Gasteiger partial charge < -0.3 is 10.2 Å². The first kappa shape index (κ1) is 8.74. The first-order chi connectivity index (χ1) is 6.84. The van der Waals surface area contributed by atoms with E-state index in [4.69, 9.17) is 10.2 Å². The summed E-state index contributed by atoms with van der Waals surface area (Å²) in [5.41, 5.74) is 6.56. The average molecular weight is 189 g/mol. The number of aromatic nitrogens is 2. The van der Waals surface area contributed by atoms with Crippen LogP contribution in [0.3, 0.4) is 0 Å². The maximum absolute atomic E-state index is 5.31. The van der Waals surface area contributed by atoms with E-state index >= 15 is 0 Å². The van der Waals surface area contributed by atoms with Gasteiger partial charge in [-0.1, -0.05) is 35.4 Å². The summed E-state index contributed by atoms with van der Waals surface area (Å²) in [5.74, 6) is 0.589. The smallest absolute Gasteiger partial charge is 0.312 e. The monoisotopic (exact) mass is 189 g/mol. The Kier molecular flexibility index (Phi) is 2.44. The maximum atomic E-state index is 5.31. The van der Waals surface area contributed by atoms with Crippen molar-refractivity contribution in [1.29, 1.82) is 0 Å². The highest BCUT2D eigenvalue weighted by molar-refractivity contribution is 5.15. The number of aryl methyl sites for hydroxylation is 2. The number of hydrogen-bond donors (Lipinski definition) is 1. The molecule has 2 rings (SSSR count). The van der Waals surface area contributed by atoms with E-state index in [0.717, 1.165) is 12.8 Å². The van der Waals surface area contributed by atoms with Gasteiger partial charge in [-0.05, 0) is 12.0 Å². The fourth-order valence-electron chi connectivity index (χ4n) is 1.26. The van der Waals surface area contributed by atoms with Crippen LogP contribution in [0.2, 0.25) is 0 Å². The summed E-state index contributed by atoms with van der Waals surface area (Å²) >= 11 is 0. The molecule has 0 saturated heterocycles. The topological polar surface area (TPSA) is 64.9 Å². The number of nitrogen functional groups attached to an aromatic ring is 1. The predicted octanol–water partition coefficient (Wildman–Crippen LogP) is 1.44. The number of rotatable bonds is 3. The van der Waals surface area contributed by atoms with Crippen LogP contribution in [0.4, 0.5) is 6.01 Å². The second kappa shape index (κ2) is 3.91. The average Bonchev–Trinajstić information content (AvgIpc) is 2.63. The highest BCUT2D eigenvalue weighted by Gasteiger charge is 2.02. The summed E-state index contributed by atoms with van der Waals surface area (Å²) in [4.78, 5) is 0. The van der Waals surface area contributed by atoms with Crippen LogP contribution in [-0.4, -0.2) is 10.2 Å². The minimum Gasteiger partial charge on any atom is -0.408 e. The van der Waals surface area contributed by atoms with Crippen molar-refractivity contribution in [3.05, 3.63) is 41.8 Å². The molecule has 14 heavy (non-hydrogen) atoms. The largest absolute Gasteiger partial charge is 0.408 e. The van der Waals surface area contributed by atoms with E-state index in [0.29, 0.717) is 5.89 Å². The molecule has 0 unspecified atom stereocenters. The van der Waals surface area contributed by atoms with E-state index in [1.165, 1.54) is 5.56 Å². The summed E-state index contributed by atoms with van der Waals surface area (Å²) in [6, 6.07) is 10.3. The van der Waals surface area contributed by atoms with Crippen molar-refractivity contribution in [3.63, 3.8) is 0 Å². The number of nitrogens with zero attached hydrogens (tertiary/aromatic N) is 2. The van der Waals surface area contributed by atoms with Gasteiger partial charge in [0.1, 0.15) is 0 Å². The molecule has 0 fully saturated rings. The summed E-state index contributed by atoms with van der Waals surface area (Å²) in [6.07, 6.45) is 1.62. The molecule has 4 heteroatoms. The van der Waals surface area contributed by atoms with E-state index in [1.807, 2.05) is 18.2 Å². The lowest BCUT2D eigenvalue weighted by Gasteiger charge is -1.96. The van der Waals surface area contributed by atoms with Crippen LogP contribution < -0.4 is 5.73 Å². The van der Waals surface area contributed by atoms with Gasteiger partial charge in [-0.2, -0.15) is 0 Å². The summed E-state index contributed by atoms with van der Waals surface area (Å²) < 4.78 is 5.06. The van der Waals surface area contributed by atoms with Gasteiger partial charge in [0.2, 0.25) is 5.89 Å². The van der Waals surface area contributed by atoms with Gasteiger partial charge in [0.15, 0.2) is 0 Å². The second-order valence-electron chi connectivity index (χ2n) is 3.02. The molecule has 0 aliphatic rings. The van der Waals surface area contributed by atoms with Crippen LogP contribution in [-0.2, 0) is 12.8 Å². The maximum Gasteiger partial charge on any atom is 0.312 e. The zero-order chi connectivity index (χ0) is 9.80. The summed E-state index contributed by atoms with van der Waals surface area (Å²) in [7, 11) is 0. The molecule has 0 saturated carbocycles.